The maximum absolute atomic E-state index is 5.13. The van der Waals surface area contributed by atoms with E-state index in [1.807, 2.05) is 6.92 Å². The summed E-state index contributed by atoms with van der Waals surface area (Å²) in [6.45, 7) is 7.84. The number of hydrogen-bond donors (Lipinski definition) is 2. The van der Waals surface area contributed by atoms with E-state index in [2.05, 4.69) is 39.6 Å². The van der Waals surface area contributed by atoms with Crippen molar-refractivity contribution in [1.29, 1.82) is 0 Å². The predicted molar refractivity (Wildman–Crippen MR) is 102 cm³/mol. The summed E-state index contributed by atoms with van der Waals surface area (Å²) in [4.78, 5) is 8.90. The number of nitrogens with one attached hydrogen (secondary N) is 2. The standard InChI is InChI=1S/C19H35N5O/c1-4-20-19(21-14-8-11-18-23-16(3)24-25-18)22-15(2)12-13-17-9-6-5-7-10-17/h15,17H,4-14H2,1-3H3,(H2,20,21,22). The second-order valence-electron chi connectivity index (χ2n) is 7.23. The SMILES string of the molecule is CCNC(=NCCCc1nc(C)no1)NC(C)CCC1CCCCC1. The molecule has 1 aromatic heterocycles. The number of rotatable bonds is 9. The molecule has 1 heterocycles. The molecule has 6 nitrogen and oxygen atoms in total. The van der Waals surface area contributed by atoms with Gasteiger partial charge in [-0.15, -0.1) is 0 Å². The van der Waals surface area contributed by atoms with Crippen LogP contribution in [0.4, 0.5) is 0 Å². The average Bonchev–Trinajstić information content (AvgIpc) is 3.03. The molecule has 0 aliphatic heterocycles. The largest absolute Gasteiger partial charge is 0.357 e. The Balaban J connectivity index is 1.68. The minimum Gasteiger partial charge on any atom is -0.357 e. The van der Waals surface area contributed by atoms with E-state index in [1.54, 1.807) is 0 Å². The molecule has 1 atom stereocenters. The van der Waals surface area contributed by atoms with Crippen molar-refractivity contribution < 1.29 is 4.52 Å². The Labute approximate surface area is 152 Å². The van der Waals surface area contributed by atoms with Crippen LogP contribution in [0.3, 0.4) is 0 Å². The Morgan fingerprint density at radius 1 is 1.32 bits per heavy atom. The Kier molecular flexibility index (Phi) is 8.77. The quantitative estimate of drug-likeness (QED) is 0.405. The lowest BCUT2D eigenvalue weighted by Crippen LogP contribution is -2.42. The zero-order valence-electron chi connectivity index (χ0n) is 16.2. The molecule has 0 radical (unpaired) electrons. The first kappa shape index (κ1) is 19.7. The van der Waals surface area contributed by atoms with Crippen molar-refractivity contribution in [3.05, 3.63) is 11.7 Å². The van der Waals surface area contributed by atoms with Gasteiger partial charge in [0.05, 0.1) is 0 Å². The van der Waals surface area contributed by atoms with E-state index >= 15 is 0 Å². The second-order valence-corrected chi connectivity index (χ2v) is 7.23. The zero-order chi connectivity index (χ0) is 17.9. The highest BCUT2D eigenvalue weighted by atomic mass is 16.5. The lowest BCUT2D eigenvalue weighted by atomic mass is 9.85. The van der Waals surface area contributed by atoms with Crippen molar-refractivity contribution in [3.63, 3.8) is 0 Å². The minimum atomic E-state index is 0.457. The highest BCUT2D eigenvalue weighted by Gasteiger charge is 2.15. The Hall–Kier alpha value is -1.59. The maximum Gasteiger partial charge on any atom is 0.226 e. The molecule has 1 fully saturated rings. The molecule has 25 heavy (non-hydrogen) atoms. The summed E-state index contributed by atoms with van der Waals surface area (Å²) in [6.07, 6.45) is 11.4. The van der Waals surface area contributed by atoms with Gasteiger partial charge in [-0.2, -0.15) is 4.98 Å². The number of aryl methyl sites for hydroxylation is 2. The summed E-state index contributed by atoms with van der Waals surface area (Å²) < 4.78 is 5.13. The van der Waals surface area contributed by atoms with E-state index < -0.39 is 0 Å². The van der Waals surface area contributed by atoms with Crippen LogP contribution >= 0.6 is 0 Å². The van der Waals surface area contributed by atoms with E-state index in [-0.39, 0.29) is 0 Å². The highest BCUT2D eigenvalue weighted by Crippen LogP contribution is 2.27. The zero-order valence-corrected chi connectivity index (χ0v) is 16.2. The molecule has 2 N–H and O–H groups in total. The number of aliphatic imine (C=N–C) groups is 1. The van der Waals surface area contributed by atoms with Crippen LogP contribution < -0.4 is 10.6 Å². The Bertz CT molecular complexity index is 508. The molecule has 1 aromatic rings. The molecular weight excluding hydrogens is 314 g/mol. The third kappa shape index (κ3) is 7.88. The summed E-state index contributed by atoms with van der Waals surface area (Å²) in [5.41, 5.74) is 0. The monoisotopic (exact) mass is 349 g/mol. The van der Waals surface area contributed by atoms with Crippen LogP contribution in [-0.4, -0.2) is 35.2 Å². The number of aromatic nitrogens is 2. The average molecular weight is 350 g/mol. The second kappa shape index (κ2) is 11.1. The first-order valence-corrected chi connectivity index (χ1v) is 10.0. The van der Waals surface area contributed by atoms with Crippen molar-refractivity contribution in [2.45, 2.75) is 84.6 Å². The summed E-state index contributed by atoms with van der Waals surface area (Å²) in [5, 5.41) is 10.7. The van der Waals surface area contributed by atoms with Gasteiger partial charge in [0.15, 0.2) is 11.8 Å². The van der Waals surface area contributed by atoms with Gasteiger partial charge >= 0.3 is 0 Å². The fourth-order valence-corrected chi connectivity index (χ4v) is 3.45. The summed E-state index contributed by atoms with van der Waals surface area (Å²) in [6, 6.07) is 0.457. The molecule has 0 amide bonds. The summed E-state index contributed by atoms with van der Waals surface area (Å²) >= 11 is 0. The van der Waals surface area contributed by atoms with E-state index in [9.17, 15) is 0 Å². The molecule has 0 bridgehead atoms. The third-order valence-electron chi connectivity index (χ3n) is 4.85. The number of hydrogen-bond acceptors (Lipinski definition) is 4. The van der Waals surface area contributed by atoms with Crippen LogP contribution in [0, 0.1) is 12.8 Å². The predicted octanol–water partition coefficient (Wildman–Crippen LogP) is 3.61. The summed E-state index contributed by atoms with van der Waals surface area (Å²) in [7, 11) is 0. The molecule has 6 heteroatoms. The van der Waals surface area contributed by atoms with Crippen molar-refractivity contribution in [3.8, 4) is 0 Å². The van der Waals surface area contributed by atoms with Crippen molar-refractivity contribution in [2.24, 2.45) is 10.9 Å². The van der Waals surface area contributed by atoms with E-state index in [1.165, 1.54) is 44.9 Å². The molecule has 142 valence electrons. The maximum atomic E-state index is 5.13. The van der Waals surface area contributed by atoms with Gasteiger partial charge in [0.1, 0.15) is 0 Å². The van der Waals surface area contributed by atoms with Gasteiger partial charge in [-0.3, -0.25) is 4.99 Å². The van der Waals surface area contributed by atoms with Crippen LogP contribution in [0.15, 0.2) is 9.52 Å². The van der Waals surface area contributed by atoms with Crippen LogP contribution in [0.2, 0.25) is 0 Å². The molecule has 2 rings (SSSR count). The first-order chi connectivity index (χ1) is 12.2. The Morgan fingerprint density at radius 3 is 2.80 bits per heavy atom. The third-order valence-corrected chi connectivity index (χ3v) is 4.85. The van der Waals surface area contributed by atoms with Crippen LogP contribution in [-0.2, 0) is 6.42 Å². The molecule has 1 saturated carbocycles. The molecule has 0 spiro atoms. The topological polar surface area (TPSA) is 75.3 Å². The fraction of sp³-hybridized carbons (Fsp3) is 0.842. The van der Waals surface area contributed by atoms with Crippen molar-refractivity contribution >= 4 is 5.96 Å². The molecule has 0 aromatic carbocycles. The van der Waals surface area contributed by atoms with Gasteiger partial charge in [-0.05, 0) is 46.0 Å². The molecule has 1 unspecified atom stereocenters. The molecular formula is C19H35N5O. The van der Waals surface area contributed by atoms with Gasteiger partial charge in [-0.25, -0.2) is 0 Å². The number of guanidine groups is 1. The van der Waals surface area contributed by atoms with Gasteiger partial charge in [0.2, 0.25) is 5.89 Å². The van der Waals surface area contributed by atoms with Crippen molar-refractivity contribution in [1.82, 2.24) is 20.8 Å². The minimum absolute atomic E-state index is 0.457. The Morgan fingerprint density at radius 2 is 2.12 bits per heavy atom. The molecule has 0 saturated heterocycles. The highest BCUT2D eigenvalue weighted by molar-refractivity contribution is 5.80. The van der Waals surface area contributed by atoms with E-state index in [0.717, 1.165) is 37.8 Å². The van der Waals surface area contributed by atoms with Gasteiger partial charge in [0, 0.05) is 25.6 Å². The lowest BCUT2D eigenvalue weighted by molar-refractivity contribution is 0.322. The number of nitrogens with zero attached hydrogens (tertiary/aromatic N) is 3. The van der Waals surface area contributed by atoms with Gasteiger partial charge in [-0.1, -0.05) is 37.3 Å². The molecule has 1 aliphatic rings. The van der Waals surface area contributed by atoms with Crippen LogP contribution in [0.25, 0.3) is 0 Å². The van der Waals surface area contributed by atoms with Crippen LogP contribution in [0.5, 0.6) is 0 Å². The lowest BCUT2D eigenvalue weighted by Gasteiger charge is -2.24. The molecule has 1 aliphatic carbocycles. The fourth-order valence-electron chi connectivity index (χ4n) is 3.45. The smallest absolute Gasteiger partial charge is 0.226 e. The summed E-state index contributed by atoms with van der Waals surface area (Å²) in [5.74, 6) is 3.25. The van der Waals surface area contributed by atoms with Crippen molar-refractivity contribution in [2.75, 3.05) is 13.1 Å². The van der Waals surface area contributed by atoms with E-state index in [4.69, 9.17) is 4.52 Å². The van der Waals surface area contributed by atoms with Gasteiger partial charge in [0.25, 0.3) is 0 Å². The normalized spacial score (nSPS) is 17.5. The van der Waals surface area contributed by atoms with E-state index in [0.29, 0.717) is 17.8 Å². The van der Waals surface area contributed by atoms with Gasteiger partial charge < -0.3 is 15.2 Å². The van der Waals surface area contributed by atoms with Crippen LogP contribution in [0.1, 0.15) is 76.9 Å². The first-order valence-electron chi connectivity index (χ1n) is 10.0.